The highest BCUT2D eigenvalue weighted by atomic mass is 35.5. The van der Waals surface area contributed by atoms with Crippen molar-refractivity contribution in [3.8, 4) is 0 Å². The molecule has 0 aliphatic rings. The van der Waals surface area contributed by atoms with E-state index < -0.39 is 17.9 Å². The van der Waals surface area contributed by atoms with Crippen LogP contribution in [0.4, 0.5) is 0 Å². The molecule has 0 bridgehead atoms. The SMILES string of the molecule is O=C(NC(Cc1cccc2ccccc12)C(=O)O)c1ccc(Cl)cc1. The molecule has 0 fully saturated rings. The second kappa shape index (κ2) is 7.36. The van der Waals surface area contributed by atoms with E-state index >= 15 is 0 Å². The minimum absolute atomic E-state index is 0.204. The van der Waals surface area contributed by atoms with Gasteiger partial charge in [-0.3, -0.25) is 4.79 Å². The number of rotatable bonds is 5. The van der Waals surface area contributed by atoms with Gasteiger partial charge in [0.2, 0.25) is 0 Å². The van der Waals surface area contributed by atoms with E-state index in [0.717, 1.165) is 16.3 Å². The average molecular weight is 354 g/mol. The molecule has 0 heterocycles. The number of fused-ring (bicyclic) bond motifs is 1. The van der Waals surface area contributed by atoms with Gasteiger partial charge in [-0.25, -0.2) is 4.79 Å². The molecule has 0 saturated carbocycles. The summed E-state index contributed by atoms with van der Waals surface area (Å²) >= 11 is 5.81. The summed E-state index contributed by atoms with van der Waals surface area (Å²) in [5.41, 5.74) is 1.25. The molecule has 3 rings (SSSR count). The first-order valence-electron chi connectivity index (χ1n) is 7.80. The normalized spacial score (nSPS) is 11.9. The van der Waals surface area contributed by atoms with Crippen LogP contribution in [0.25, 0.3) is 10.8 Å². The minimum Gasteiger partial charge on any atom is -0.480 e. The van der Waals surface area contributed by atoms with E-state index in [-0.39, 0.29) is 6.42 Å². The molecule has 3 aromatic rings. The van der Waals surface area contributed by atoms with Gasteiger partial charge in [0.15, 0.2) is 0 Å². The number of hydrogen-bond acceptors (Lipinski definition) is 2. The van der Waals surface area contributed by atoms with E-state index in [0.29, 0.717) is 10.6 Å². The van der Waals surface area contributed by atoms with Crippen molar-refractivity contribution in [2.75, 3.05) is 0 Å². The van der Waals surface area contributed by atoms with Crippen LogP contribution < -0.4 is 5.32 Å². The zero-order valence-corrected chi connectivity index (χ0v) is 14.0. The van der Waals surface area contributed by atoms with E-state index in [1.54, 1.807) is 24.3 Å². The Hall–Kier alpha value is -2.85. The number of aliphatic carboxylic acids is 1. The van der Waals surface area contributed by atoms with Crippen LogP contribution in [0.3, 0.4) is 0 Å². The summed E-state index contributed by atoms with van der Waals surface area (Å²) in [4.78, 5) is 23.9. The number of nitrogens with one attached hydrogen (secondary N) is 1. The van der Waals surface area contributed by atoms with Crippen molar-refractivity contribution in [2.24, 2.45) is 0 Å². The van der Waals surface area contributed by atoms with Gasteiger partial charge in [-0.1, -0.05) is 54.1 Å². The third-order valence-corrected chi connectivity index (χ3v) is 4.27. The van der Waals surface area contributed by atoms with Crippen LogP contribution in [0.5, 0.6) is 0 Å². The van der Waals surface area contributed by atoms with Crippen LogP contribution in [0, 0.1) is 0 Å². The summed E-state index contributed by atoms with van der Waals surface area (Å²) in [5.74, 6) is -1.51. The van der Waals surface area contributed by atoms with Crippen LogP contribution >= 0.6 is 11.6 Å². The number of carboxylic acid groups (broad SMARTS) is 1. The fourth-order valence-corrected chi connectivity index (χ4v) is 2.86. The highest BCUT2D eigenvalue weighted by Gasteiger charge is 2.22. The molecule has 3 aromatic carbocycles. The first-order valence-corrected chi connectivity index (χ1v) is 8.18. The Bertz CT molecular complexity index is 916. The molecule has 0 saturated heterocycles. The number of carbonyl (C=O) groups is 2. The zero-order valence-electron chi connectivity index (χ0n) is 13.3. The molecule has 0 aliphatic heterocycles. The van der Waals surface area contributed by atoms with Gasteiger partial charge in [-0.15, -0.1) is 0 Å². The molecular weight excluding hydrogens is 338 g/mol. The Morgan fingerprint density at radius 2 is 1.64 bits per heavy atom. The Morgan fingerprint density at radius 1 is 0.960 bits per heavy atom. The monoisotopic (exact) mass is 353 g/mol. The minimum atomic E-state index is -1.07. The zero-order chi connectivity index (χ0) is 17.8. The quantitative estimate of drug-likeness (QED) is 0.730. The van der Waals surface area contributed by atoms with Crippen molar-refractivity contribution in [1.82, 2.24) is 5.32 Å². The Labute approximate surface area is 150 Å². The second-order valence-electron chi connectivity index (χ2n) is 5.71. The lowest BCUT2D eigenvalue weighted by Crippen LogP contribution is -2.42. The number of carbonyl (C=O) groups excluding carboxylic acids is 1. The standard InChI is InChI=1S/C20H16ClNO3/c21-16-10-8-14(9-11-16)19(23)22-18(20(24)25)12-15-6-3-5-13-4-1-2-7-17(13)15/h1-11,18H,12H2,(H,22,23)(H,24,25). The summed E-state index contributed by atoms with van der Waals surface area (Å²) < 4.78 is 0. The summed E-state index contributed by atoms with van der Waals surface area (Å²) in [6, 6.07) is 18.8. The predicted molar refractivity (Wildman–Crippen MR) is 98.0 cm³/mol. The maximum atomic E-state index is 12.3. The molecule has 0 spiro atoms. The maximum Gasteiger partial charge on any atom is 0.326 e. The molecule has 126 valence electrons. The van der Waals surface area contributed by atoms with Crippen LogP contribution in [-0.4, -0.2) is 23.0 Å². The van der Waals surface area contributed by atoms with Crippen LogP contribution in [-0.2, 0) is 11.2 Å². The summed E-state index contributed by atoms with van der Waals surface area (Å²) in [6.45, 7) is 0. The molecule has 0 aromatic heterocycles. The topological polar surface area (TPSA) is 66.4 Å². The molecule has 1 amide bonds. The lowest BCUT2D eigenvalue weighted by molar-refractivity contribution is -0.139. The third kappa shape index (κ3) is 3.98. The number of carboxylic acids is 1. The number of halogens is 1. The smallest absolute Gasteiger partial charge is 0.326 e. The average Bonchev–Trinajstić information content (AvgIpc) is 2.61. The highest BCUT2D eigenvalue weighted by Crippen LogP contribution is 2.20. The van der Waals surface area contributed by atoms with Crippen molar-refractivity contribution in [2.45, 2.75) is 12.5 Å². The van der Waals surface area contributed by atoms with Crippen molar-refractivity contribution in [3.63, 3.8) is 0 Å². The van der Waals surface area contributed by atoms with Gasteiger partial charge in [0.05, 0.1) is 0 Å². The van der Waals surface area contributed by atoms with Crippen LogP contribution in [0.1, 0.15) is 15.9 Å². The molecule has 25 heavy (non-hydrogen) atoms. The largest absolute Gasteiger partial charge is 0.480 e. The summed E-state index contributed by atoms with van der Waals surface area (Å²) in [6.07, 6.45) is 0.204. The molecule has 0 aliphatic carbocycles. The van der Waals surface area contributed by atoms with Crippen LogP contribution in [0.2, 0.25) is 5.02 Å². The van der Waals surface area contributed by atoms with Gasteiger partial charge < -0.3 is 10.4 Å². The van der Waals surface area contributed by atoms with E-state index in [4.69, 9.17) is 11.6 Å². The lowest BCUT2D eigenvalue weighted by atomic mass is 9.98. The number of benzene rings is 3. The van der Waals surface area contributed by atoms with Gasteiger partial charge in [-0.05, 0) is 40.6 Å². The van der Waals surface area contributed by atoms with Gasteiger partial charge in [0, 0.05) is 17.0 Å². The number of hydrogen-bond donors (Lipinski definition) is 2. The Balaban J connectivity index is 1.83. The first-order chi connectivity index (χ1) is 12.0. The van der Waals surface area contributed by atoms with Gasteiger partial charge >= 0.3 is 5.97 Å². The number of amides is 1. The summed E-state index contributed by atoms with van der Waals surface area (Å²) in [7, 11) is 0. The molecule has 0 radical (unpaired) electrons. The van der Waals surface area contributed by atoms with E-state index in [2.05, 4.69) is 5.32 Å². The maximum absolute atomic E-state index is 12.3. The molecule has 2 N–H and O–H groups in total. The van der Waals surface area contributed by atoms with Crippen molar-refractivity contribution in [1.29, 1.82) is 0 Å². The fourth-order valence-electron chi connectivity index (χ4n) is 2.73. The van der Waals surface area contributed by atoms with Gasteiger partial charge in [-0.2, -0.15) is 0 Å². The van der Waals surface area contributed by atoms with Crippen molar-refractivity contribution in [3.05, 3.63) is 82.9 Å². The highest BCUT2D eigenvalue weighted by molar-refractivity contribution is 6.30. The molecule has 5 heteroatoms. The first kappa shape index (κ1) is 17.0. The molecule has 1 unspecified atom stereocenters. The predicted octanol–water partition coefficient (Wildman–Crippen LogP) is 3.92. The molecule has 4 nitrogen and oxygen atoms in total. The third-order valence-electron chi connectivity index (χ3n) is 4.01. The van der Waals surface area contributed by atoms with E-state index in [1.807, 2.05) is 42.5 Å². The Morgan fingerprint density at radius 3 is 2.36 bits per heavy atom. The summed E-state index contributed by atoms with van der Waals surface area (Å²) in [5, 5.41) is 14.6. The van der Waals surface area contributed by atoms with Gasteiger partial charge in [0.25, 0.3) is 5.91 Å². The fraction of sp³-hybridized carbons (Fsp3) is 0.100. The Kier molecular flexibility index (Phi) is 5.00. The molecule has 1 atom stereocenters. The van der Waals surface area contributed by atoms with E-state index in [1.165, 1.54) is 0 Å². The van der Waals surface area contributed by atoms with Gasteiger partial charge in [0.1, 0.15) is 6.04 Å². The van der Waals surface area contributed by atoms with E-state index in [9.17, 15) is 14.7 Å². The second-order valence-corrected chi connectivity index (χ2v) is 6.15. The lowest BCUT2D eigenvalue weighted by Gasteiger charge is -2.16. The molecular formula is C20H16ClNO3. The van der Waals surface area contributed by atoms with Crippen molar-refractivity contribution < 1.29 is 14.7 Å². The van der Waals surface area contributed by atoms with Crippen molar-refractivity contribution >= 4 is 34.2 Å². The van der Waals surface area contributed by atoms with Crippen LogP contribution in [0.15, 0.2) is 66.7 Å².